The molecule has 0 aliphatic heterocycles. The molecule has 1 aromatic heterocycles. The highest BCUT2D eigenvalue weighted by atomic mass is 79.9. The van der Waals surface area contributed by atoms with Crippen LogP contribution in [0.2, 0.25) is 0 Å². The molecule has 3 nitrogen and oxygen atoms in total. The minimum absolute atomic E-state index is 0.480. The molecule has 0 aliphatic carbocycles. The second-order valence-corrected chi connectivity index (χ2v) is 4.22. The first-order chi connectivity index (χ1) is 8.26. The topological polar surface area (TPSA) is 45.9 Å². The molecule has 0 radical (unpaired) electrons. The highest BCUT2D eigenvalue weighted by Gasteiger charge is 2.08. The minimum Gasteiger partial charge on any atom is -0.494 e. The number of rotatable bonds is 2. The van der Waals surface area contributed by atoms with Gasteiger partial charge in [-0.3, -0.25) is 4.98 Å². The molecule has 0 spiro atoms. The zero-order valence-electron chi connectivity index (χ0n) is 9.14. The van der Waals surface area contributed by atoms with Gasteiger partial charge in [0.1, 0.15) is 6.07 Å². The van der Waals surface area contributed by atoms with Crippen molar-refractivity contribution in [1.82, 2.24) is 4.98 Å². The average Bonchev–Trinajstić information content (AvgIpc) is 2.38. The normalized spacial score (nSPS) is 9.71. The summed E-state index contributed by atoms with van der Waals surface area (Å²) >= 11 is 3.46. The van der Waals surface area contributed by atoms with E-state index in [1.165, 1.54) is 7.11 Å². The summed E-state index contributed by atoms with van der Waals surface area (Å²) in [5.41, 5.74) is 2.18. The standard InChI is InChI=1S/C13H9BrN2O/c1-17-13-8-16-12(6-9(13)7-15)10-4-2-3-5-11(10)14/h2-6,8H,1H3. The number of methoxy groups -OCH3 is 1. The molecule has 2 rings (SSSR count). The Balaban J connectivity index is 2.55. The molecule has 0 atom stereocenters. The van der Waals surface area contributed by atoms with Gasteiger partial charge in [-0.2, -0.15) is 5.26 Å². The molecule has 17 heavy (non-hydrogen) atoms. The third-order valence-electron chi connectivity index (χ3n) is 2.36. The van der Waals surface area contributed by atoms with Crippen LogP contribution in [-0.4, -0.2) is 12.1 Å². The van der Waals surface area contributed by atoms with E-state index in [0.717, 1.165) is 15.7 Å². The van der Waals surface area contributed by atoms with Gasteiger partial charge in [-0.25, -0.2) is 0 Å². The van der Waals surface area contributed by atoms with Gasteiger partial charge in [-0.15, -0.1) is 0 Å². The third-order valence-corrected chi connectivity index (χ3v) is 3.05. The van der Waals surface area contributed by atoms with Crippen LogP contribution in [0.25, 0.3) is 11.3 Å². The van der Waals surface area contributed by atoms with Crippen LogP contribution in [0.5, 0.6) is 5.75 Å². The van der Waals surface area contributed by atoms with Gasteiger partial charge in [0.25, 0.3) is 0 Å². The van der Waals surface area contributed by atoms with Crippen molar-refractivity contribution in [2.75, 3.05) is 7.11 Å². The molecule has 1 aromatic carbocycles. The van der Waals surface area contributed by atoms with Gasteiger partial charge in [-0.1, -0.05) is 34.1 Å². The first kappa shape index (κ1) is 11.6. The van der Waals surface area contributed by atoms with Gasteiger partial charge in [0, 0.05) is 10.0 Å². The molecule has 0 saturated carbocycles. The summed E-state index contributed by atoms with van der Waals surface area (Å²) in [6.07, 6.45) is 1.56. The Morgan fingerprint density at radius 1 is 1.35 bits per heavy atom. The van der Waals surface area contributed by atoms with E-state index in [4.69, 9.17) is 10.00 Å². The van der Waals surface area contributed by atoms with Crippen LogP contribution in [0.3, 0.4) is 0 Å². The summed E-state index contributed by atoms with van der Waals surface area (Å²) in [4.78, 5) is 4.28. The Morgan fingerprint density at radius 2 is 2.12 bits per heavy atom. The van der Waals surface area contributed by atoms with Gasteiger partial charge in [0.15, 0.2) is 5.75 Å². The van der Waals surface area contributed by atoms with Crippen LogP contribution in [0.4, 0.5) is 0 Å². The summed E-state index contributed by atoms with van der Waals surface area (Å²) < 4.78 is 6.01. The lowest BCUT2D eigenvalue weighted by atomic mass is 10.1. The SMILES string of the molecule is COc1cnc(-c2ccccc2Br)cc1C#N. The molecule has 2 aromatic rings. The highest BCUT2D eigenvalue weighted by Crippen LogP contribution is 2.28. The number of nitriles is 1. The van der Waals surface area contributed by atoms with E-state index in [1.54, 1.807) is 12.3 Å². The summed E-state index contributed by atoms with van der Waals surface area (Å²) in [6.45, 7) is 0. The molecule has 0 amide bonds. The third kappa shape index (κ3) is 2.29. The molecule has 0 unspecified atom stereocenters. The zero-order valence-corrected chi connectivity index (χ0v) is 10.7. The largest absolute Gasteiger partial charge is 0.494 e. The molecule has 1 heterocycles. The summed E-state index contributed by atoms with van der Waals surface area (Å²) in [7, 11) is 1.52. The molecule has 0 bridgehead atoms. The van der Waals surface area contributed by atoms with Crippen LogP contribution < -0.4 is 4.74 Å². The van der Waals surface area contributed by atoms with Crippen LogP contribution in [0.1, 0.15) is 5.56 Å². The van der Waals surface area contributed by atoms with Gasteiger partial charge >= 0.3 is 0 Å². The Morgan fingerprint density at radius 3 is 2.76 bits per heavy atom. The highest BCUT2D eigenvalue weighted by molar-refractivity contribution is 9.10. The van der Waals surface area contributed by atoms with E-state index in [9.17, 15) is 0 Å². The maximum atomic E-state index is 9.02. The monoisotopic (exact) mass is 288 g/mol. The van der Waals surface area contributed by atoms with E-state index < -0.39 is 0 Å². The van der Waals surface area contributed by atoms with Crippen molar-refractivity contribution >= 4 is 15.9 Å². The molecular formula is C13H9BrN2O. The predicted octanol–water partition coefficient (Wildman–Crippen LogP) is 3.39. The Labute approximate surface area is 108 Å². The lowest BCUT2D eigenvalue weighted by molar-refractivity contribution is 0.411. The van der Waals surface area contributed by atoms with Crippen LogP contribution in [0, 0.1) is 11.3 Å². The Kier molecular flexibility index (Phi) is 3.40. The Hall–Kier alpha value is -1.86. The average molecular weight is 289 g/mol. The molecule has 84 valence electrons. The van der Waals surface area contributed by atoms with Crippen molar-refractivity contribution in [3.05, 3.63) is 46.6 Å². The fourth-order valence-corrected chi connectivity index (χ4v) is 2.00. The quantitative estimate of drug-likeness (QED) is 0.851. The van der Waals surface area contributed by atoms with Crippen molar-refractivity contribution in [1.29, 1.82) is 5.26 Å². The number of pyridine rings is 1. The Bertz CT molecular complexity index is 590. The first-order valence-corrected chi connectivity index (χ1v) is 5.74. The van der Waals surface area contributed by atoms with Crippen LogP contribution in [-0.2, 0) is 0 Å². The van der Waals surface area contributed by atoms with E-state index in [1.807, 2.05) is 24.3 Å². The van der Waals surface area contributed by atoms with Crippen LogP contribution in [0.15, 0.2) is 41.0 Å². The lowest BCUT2D eigenvalue weighted by Crippen LogP contribution is -1.92. The van der Waals surface area contributed by atoms with E-state index >= 15 is 0 Å². The molecule has 0 fully saturated rings. The van der Waals surface area contributed by atoms with Crippen molar-refractivity contribution in [2.24, 2.45) is 0 Å². The second-order valence-electron chi connectivity index (χ2n) is 3.36. The number of halogens is 1. The number of hydrogen-bond acceptors (Lipinski definition) is 3. The van der Waals surface area contributed by atoms with E-state index in [2.05, 4.69) is 27.0 Å². The zero-order chi connectivity index (χ0) is 12.3. The first-order valence-electron chi connectivity index (χ1n) is 4.95. The van der Waals surface area contributed by atoms with Crippen molar-refractivity contribution in [3.63, 3.8) is 0 Å². The van der Waals surface area contributed by atoms with E-state index in [0.29, 0.717) is 11.3 Å². The smallest absolute Gasteiger partial charge is 0.154 e. The number of nitrogens with zero attached hydrogens (tertiary/aromatic N) is 2. The fraction of sp³-hybridized carbons (Fsp3) is 0.0769. The summed E-state index contributed by atoms with van der Waals surface area (Å²) in [5, 5.41) is 9.02. The number of hydrogen-bond donors (Lipinski definition) is 0. The van der Waals surface area contributed by atoms with Crippen molar-refractivity contribution < 1.29 is 4.74 Å². The lowest BCUT2D eigenvalue weighted by Gasteiger charge is -2.06. The predicted molar refractivity (Wildman–Crippen MR) is 68.6 cm³/mol. The summed E-state index contributed by atoms with van der Waals surface area (Å²) in [6, 6.07) is 11.6. The molecule has 0 saturated heterocycles. The van der Waals surface area contributed by atoms with Gasteiger partial charge < -0.3 is 4.74 Å². The maximum Gasteiger partial charge on any atom is 0.154 e. The van der Waals surface area contributed by atoms with Crippen molar-refractivity contribution in [3.8, 4) is 23.1 Å². The molecule has 0 N–H and O–H groups in total. The number of aromatic nitrogens is 1. The number of benzene rings is 1. The number of ether oxygens (including phenoxy) is 1. The maximum absolute atomic E-state index is 9.02. The molecule has 0 aliphatic rings. The molecular weight excluding hydrogens is 280 g/mol. The van der Waals surface area contributed by atoms with Gasteiger partial charge in [0.2, 0.25) is 0 Å². The van der Waals surface area contributed by atoms with E-state index in [-0.39, 0.29) is 0 Å². The van der Waals surface area contributed by atoms with Crippen LogP contribution >= 0.6 is 15.9 Å². The van der Waals surface area contributed by atoms with Gasteiger partial charge in [0.05, 0.1) is 24.6 Å². The molecule has 4 heteroatoms. The minimum atomic E-state index is 0.480. The summed E-state index contributed by atoms with van der Waals surface area (Å²) in [5.74, 6) is 0.489. The van der Waals surface area contributed by atoms with Gasteiger partial charge in [-0.05, 0) is 12.1 Å². The fourth-order valence-electron chi connectivity index (χ4n) is 1.51. The second kappa shape index (κ2) is 4.98. The van der Waals surface area contributed by atoms with Crippen molar-refractivity contribution in [2.45, 2.75) is 0 Å².